The predicted octanol–water partition coefficient (Wildman–Crippen LogP) is 1.12. The second kappa shape index (κ2) is 3.26. The van der Waals surface area contributed by atoms with Gasteiger partial charge in [-0.1, -0.05) is 13.8 Å². The van der Waals surface area contributed by atoms with E-state index in [1.807, 2.05) is 13.8 Å². The van der Waals surface area contributed by atoms with Crippen LogP contribution in [0.1, 0.15) is 33.1 Å². The van der Waals surface area contributed by atoms with Crippen molar-refractivity contribution in [3.8, 4) is 0 Å². The smallest absolute Gasteiger partial charge is 0.324 e. The average Bonchev–Trinajstić information content (AvgIpc) is 2.86. The fourth-order valence-electron chi connectivity index (χ4n) is 1.78. The molecule has 1 aliphatic carbocycles. The Balaban J connectivity index is 2.05. The summed E-state index contributed by atoms with van der Waals surface area (Å²) in [6.07, 6.45) is 2.41. The van der Waals surface area contributed by atoms with Crippen molar-refractivity contribution in [1.29, 1.82) is 0 Å². The van der Waals surface area contributed by atoms with Gasteiger partial charge in [-0.15, -0.1) is 0 Å². The average molecular weight is 196 g/mol. The summed E-state index contributed by atoms with van der Waals surface area (Å²) in [6.45, 7) is 4.04. The monoisotopic (exact) mass is 196 g/mol. The van der Waals surface area contributed by atoms with Gasteiger partial charge >= 0.3 is 6.03 Å². The van der Waals surface area contributed by atoms with Crippen molar-refractivity contribution in [3.05, 3.63) is 0 Å². The summed E-state index contributed by atoms with van der Waals surface area (Å²) in [5, 5.41) is 2.88. The van der Waals surface area contributed by atoms with Crippen LogP contribution in [0, 0.1) is 5.92 Å². The van der Waals surface area contributed by atoms with Gasteiger partial charge in [0.1, 0.15) is 0 Å². The van der Waals surface area contributed by atoms with Crippen LogP contribution in [0.2, 0.25) is 0 Å². The summed E-state index contributed by atoms with van der Waals surface area (Å²) in [5.74, 6) is 0.319. The number of amides is 3. The second-order valence-electron chi connectivity index (χ2n) is 4.50. The summed E-state index contributed by atoms with van der Waals surface area (Å²) in [7, 11) is 0. The van der Waals surface area contributed by atoms with E-state index in [4.69, 9.17) is 0 Å². The Morgan fingerprint density at radius 2 is 2.00 bits per heavy atom. The second-order valence-corrected chi connectivity index (χ2v) is 4.50. The molecule has 1 saturated heterocycles. The lowest BCUT2D eigenvalue weighted by atomic mass is 9.99. The van der Waals surface area contributed by atoms with Crippen molar-refractivity contribution in [2.24, 2.45) is 5.92 Å². The Morgan fingerprint density at radius 3 is 2.43 bits per heavy atom. The van der Waals surface area contributed by atoms with E-state index >= 15 is 0 Å². The van der Waals surface area contributed by atoms with Crippen LogP contribution < -0.4 is 5.32 Å². The van der Waals surface area contributed by atoms with Gasteiger partial charge in [0.25, 0.3) is 0 Å². The molecule has 0 spiro atoms. The molecule has 2 fully saturated rings. The van der Waals surface area contributed by atoms with Gasteiger partial charge < -0.3 is 5.32 Å². The molecule has 0 aromatic heterocycles. The molecule has 2 aliphatic rings. The van der Waals surface area contributed by atoms with E-state index in [0.717, 1.165) is 12.8 Å². The van der Waals surface area contributed by atoms with Crippen LogP contribution in [-0.4, -0.2) is 28.9 Å². The lowest BCUT2D eigenvalue weighted by molar-refractivity contribution is -0.131. The summed E-state index contributed by atoms with van der Waals surface area (Å²) in [4.78, 5) is 24.7. The number of carbonyl (C=O) groups excluding carboxylic acids is 2. The first-order valence-corrected chi connectivity index (χ1v) is 5.22. The van der Waals surface area contributed by atoms with Crippen molar-refractivity contribution in [2.45, 2.75) is 45.2 Å². The van der Waals surface area contributed by atoms with Gasteiger partial charge in [0.15, 0.2) is 0 Å². The van der Waals surface area contributed by atoms with Crippen molar-refractivity contribution >= 4 is 11.9 Å². The quantitative estimate of drug-likeness (QED) is 0.719. The van der Waals surface area contributed by atoms with E-state index in [0.29, 0.717) is 12.3 Å². The minimum absolute atomic E-state index is 0.00468. The van der Waals surface area contributed by atoms with E-state index in [-0.39, 0.29) is 24.0 Å². The fraction of sp³-hybridized carbons (Fsp3) is 0.800. The largest absolute Gasteiger partial charge is 0.334 e. The molecule has 4 heteroatoms. The van der Waals surface area contributed by atoms with E-state index < -0.39 is 0 Å². The zero-order valence-corrected chi connectivity index (χ0v) is 8.62. The highest BCUT2D eigenvalue weighted by Gasteiger charge is 2.41. The fourth-order valence-corrected chi connectivity index (χ4v) is 1.78. The molecule has 1 heterocycles. The molecule has 1 atom stereocenters. The van der Waals surface area contributed by atoms with Gasteiger partial charge in [-0.25, -0.2) is 4.79 Å². The molecule has 2 rings (SSSR count). The van der Waals surface area contributed by atoms with Crippen molar-refractivity contribution < 1.29 is 9.59 Å². The Kier molecular flexibility index (Phi) is 2.21. The Bertz CT molecular complexity index is 253. The van der Waals surface area contributed by atoms with Crippen LogP contribution in [0.4, 0.5) is 4.79 Å². The molecule has 0 aromatic rings. The zero-order valence-electron chi connectivity index (χ0n) is 8.62. The van der Waals surface area contributed by atoms with Gasteiger partial charge in [-0.05, 0) is 18.8 Å². The minimum Gasteiger partial charge on any atom is -0.334 e. The predicted molar refractivity (Wildman–Crippen MR) is 51.6 cm³/mol. The Hall–Kier alpha value is -1.06. The van der Waals surface area contributed by atoms with Gasteiger partial charge in [0.05, 0.1) is 0 Å². The van der Waals surface area contributed by atoms with Gasteiger partial charge in [-0.3, -0.25) is 9.69 Å². The molecule has 0 aromatic carbocycles. The van der Waals surface area contributed by atoms with Crippen LogP contribution in [0.25, 0.3) is 0 Å². The number of nitrogens with zero attached hydrogens (tertiary/aromatic N) is 1. The molecule has 14 heavy (non-hydrogen) atoms. The molecule has 78 valence electrons. The third kappa shape index (κ3) is 1.61. The third-order valence-corrected chi connectivity index (χ3v) is 2.91. The highest BCUT2D eigenvalue weighted by molar-refractivity contribution is 5.98. The lowest BCUT2D eigenvalue weighted by Gasteiger charge is -2.33. The lowest BCUT2D eigenvalue weighted by Crippen LogP contribution is -2.56. The molecule has 0 radical (unpaired) electrons. The first-order valence-electron chi connectivity index (χ1n) is 5.22. The number of hydrogen-bond donors (Lipinski definition) is 1. The Morgan fingerprint density at radius 1 is 1.36 bits per heavy atom. The van der Waals surface area contributed by atoms with Gasteiger partial charge in [-0.2, -0.15) is 0 Å². The topological polar surface area (TPSA) is 49.4 Å². The third-order valence-electron chi connectivity index (χ3n) is 2.91. The molecule has 0 bridgehead atoms. The van der Waals surface area contributed by atoms with Crippen LogP contribution in [0.15, 0.2) is 0 Å². The van der Waals surface area contributed by atoms with E-state index in [1.165, 1.54) is 4.90 Å². The van der Waals surface area contributed by atoms with E-state index in [1.54, 1.807) is 0 Å². The molecule has 3 amide bonds. The number of hydrogen-bond acceptors (Lipinski definition) is 2. The summed E-state index contributed by atoms with van der Waals surface area (Å²) < 4.78 is 0. The highest BCUT2D eigenvalue weighted by Crippen LogP contribution is 2.29. The molecule has 1 unspecified atom stereocenters. The first kappa shape index (κ1) is 9.49. The molecule has 4 nitrogen and oxygen atoms in total. The first-order chi connectivity index (χ1) is 6.59. The van der Waals surface area contributed by atoms with Crippen LogP contribution >= 0.6 is 0 Å². The molecular formula is C10H16N2O2. The summed E-state index contributed by atoms with van der Waals surface area (Å²) >= 11 is 0. The van der Waals surface area contributed by atoms with Crippen LogP contribution in [-0.2, 0) is 4.79 Å². The molecule has 1 aliphatic heterocycles. The standard InChI is InChI=1S/C10H16N2O2/c1-6(2)8-5-9(13)12(7-3-4-7)10(14)11-8/h6-8H,3-5H2,1-2H3,(H,11,14). The van der Waals surface area contributed by atoms with E-state index in [9.17, 15) is 9.59 Å². The maximum Gasteiger partial charge on any atom is 0.324 e. The number of imide groups is 1. The SMILES string of the molecule is CC(C)C1CC(=O)N(C2CC2)C(=O)N1. The van der Waals surface area contributed by atoms with Gasteiger partial charge in [0.2, 0.25) is 5.91 Å². The number of rotatable bonds is 2. The minimum atomic E-state index is -0.192. The van der Waals surface area contributed by atoms with E-state index in [2.05, 4.69) is 5.32 Å². The number of urea groups is 1. The molecule has 1 N–H and O–H groups in total. The molecule has 1 saturated carbocycles. The number of nitrogens with one attached hydrogen (secondary N) is 1. The molecular weight excluding hydrogens is 180 g/mol. The van der Waals surface area contributed by atoms with Crippen molar-refractivity contribution in [3.63, 3.8) is 0 Å². The van der Waals surface area contributed by atoms with Gasteiger partial charge in [0, 0.05) is 18.5 Å². The van der Waals surface area contributed by atoms with Crippen LogP contribution in [0.3, 0.4) is 0 Å². The normalized spacial score (nSPS) is 28.2. The van der Waals surface area contributed by atoms with Crippen molar-refractivity contribution in [2.75, 3.05) is 0 Å². The Labute approximate surface area is 83.6 Å². The maximum absolute atomic E-state index is 11.7. The van der Waals surface area contributed by atoms with Crippen molar-refractivity contribution in [1.82, 2.24) is 10.2 Å². The number of carbonyl (C=O) groups is 2. The zero-order chi connectivity index (χ0) is 10.3. The summed E-state index contributed by atoms with van der Waals surface area (Å²) in [6, 6.07) is 0.0167. The maximum atomic E-state index is 11.7. The highest BCUT2D eigenvalue weighted by atomic mass is 16.2. The van der Waals surface area contributed by atoms with Crippen LogP contribution in [0.5, 0.6) is 0 Å². The summed E-state index contributed by atoms with van der Waals surface area (Å²) in [5.41, 5.74) is 0.